The number of carbonyl (C=O) groups is 3. The maximum atomic E-state index is 12.5. The highest BCUT2D eigenvalue weighted by Gasteiger charge is 2.26. The quantitative estimate of drug-likeness (QED) is 0.430. The smallest absolute Gasteiger partial charge is 0.504 e. The molecule has 8 nitrogen and oxygen atoms in total. The molecule has 0 aliphatic heterocycles. The second-order valence-electron chi connectivity index (χ2n) is 6.33. The number of carboxylic acid groups (broad SMARTS) is 1. The number of rotatable bonds is 7. The summed E-state index contributed by atoms with van der Waals surface area (Å²) in [5, 5.41) is 19.8. The number of carboxylic acids is 1. The molecule has 0 bridgehead atoms. The number of carbonyl (C=O) groups excluding carboxylic acids is 2. The summed E-state index contributed by atoms with van der Waals surface area (Å²) < 4.78 is 15.0. The topological polar surface area (TPSA) is 119 Å². The van der Waals surface area contributed by atoms with Gasteiger partial charge in [0, 0.05) is 0 Å². The van der Waals surface area contributed by atoms with Crippen LogP contribution < -0.4 is 4.74 Å². The van der Waals surface area contributed by atoms with Crippen LogP contribution in [0.1, 0.15) is 31.8 Å². The third-order valence-corrected chi connectivity index (χ3v) is 4.18. The maximum absolute atomic E-state index is 12.5. The van der Waals surface area contributed by atoms with Crippen LogP contribution in [-0.2, 0) is 22.7 Å². The summed E-state index contributed by atoms with van der Waals surface area (Å²) in [5.74, 6) is -3.81. The van der Waals surface area contributed by atoms with E-state index in [2.05, 4.69) is 0 Å². The second kappa shape index (κ2) is 9.93. The Morgan fingerprint density at radius 1 is 0.742 bits per heavy atom. The molecular formula is C23H18O8. The SMILES string of the molecule is O=C(OCc1ccccc1)Oc1ccc(C(=O)O)c(C(=O)OCc2ccccc2)c1O. The van der Waals surface area contributed by atoms with Crippen LogP contribution in [0.15, 0.2) is 72.8 Å². The van der Waals surface area contributed by atoms with E-state index >= 15 is 0 Å². The molecule has 0 radical (unpaired) electrons. The Kier molecular flexibility index (Phi) is 6.85. The second-order valence-corrected chi connectivity index (χ2v) is 6.33. The molecule has 3 aromatic carbocycles. The Morgan fingerprint density at radius 2 is 1.29 bits per heavy atom. The molecule has 0 spiro atoms. The molecule has 8 heteroatoms. The van der Waals surface area contributed by atoms with Gasteiger partial charge in [0.2, 0.25) is 0 Å². The highest BCUT2D eigenvalue weighted by Crippen LogP contribution is 2.34. The molecule has 0 amide bonds. The van der Waals surface area contributed by atoms with Crippen molar-refractivity contribution in [2.24, 2.45) is 0 Å². The molecule has 0 atom stereocenters. The Balaban J connectivity index is 1.75. The van der Waals surface area contributed by atoms with Crippen LogP contribution in [0.5, 0.6) is 11.5 Å². The van der Waals surface area contributed by atoms with Crippen LogP contribution in [-0.4, -0.2) is 28.3 Å². The van der Waals surface area contributed by atoms with E-state index in [-0.39, 0.29) is 13.2 Å². The largest absolute Gasteiger partial charge is 0.514 e. The fourth-order valence-corrected chi connectivity index (χ4v) is 2.67. The molecule has 0 aromatic heterocycles. The lowest BCUT2D eigenvalue weighted by atomic mass is 10.1. The fourth-order valence-electron chi connectivity index (χ4n) is 2.67. The highest BCUT2D eigenvalue weighted by molar-refractivity contribution is 6.05. The number of ether oxygens (including phenoxy) is 3. The minimum absolute atomic E-state index is 0.0698. The van der Waals surface area contributed by atoms with Gasteiger partial charge >= 0.3 is 18.1 Å². The van der Waals surface area contributed by atoms with Gasteiger partial charge in [-0.3, -0.25) is 0 Å². The zero-order chi connectivity index (χ0) is 22.2. The maximum Gasteiger partial charge on any atom is 0.514 e. The lowest BCUT2D eigenvalue weighted by Gasteiger charge is -2.13. The van der Waals surface area contributed by atoms with E-state index in [4.69, 9.17) is 14.2 Å². The molecular weight excluding hydrogens is 404 g/mol. The molecule has 158 valence electrons. The lowest BCUT2D eigenvalue weighted by molar-refractivity contribution is 0.0457. The number of hydrogen-bond donors (Lipinski definition) is 2. The number of phenolic OH excluding ortho intramolecular Hbond substituents is 1. The third-order valence-electron chi connectivity index (χ3n) is 4.18. The molecule has 0 saturated heterocycles. The van der Waals surface area contributed by atoms with Crippen molar-refractivity contribution in [1.82, 2.24) is 0 Å². The molecule has 0 unspecified atom stereocenters. The van der Waals surface area contributed by atoms with E-state index in [1.165, 1.54) is 0 Å². The van der Waals surface area contributed by atoms with E-state index in [9.17, 15) is 24.6 Å². The van der Waals surface area contributed by atoms with Gasteiger partial charge in [0.25, 0.3) is 0 Å². The van der Waals surface area contributed by atoms with Crippen LogP contribution in [0.4, 0.5) is 4.79 Å². The van der Waals surface area contributed by atoms with E-state index in [1.807, 2.05) is 6.07 Å². The standard InChI is InChI=1S/C23H18O8/c24-20-18(31-23(28)30-14-16-9-5-2-6-10-16)12-11-17(21(25)26)19(20)22(27)29-13-15-7-3-1-4-8-15/h1-12,24H,13-14H2,(H,25,26). The summed E-state index contributed by atoms with van der Waals surface area (Å²) >= 11 is 0. The molecule has 0 saturated carbocycles. The van der Waals surface area contributed by atoms with Crippen LogP contribution in [0.2, 0.25) is 0 Å². The predicted octanol–water partition coefficient (Wildman–Crippen LogP) is 4.16. The predicted molar refractivity (Wildman–Crippen MR) is 108 cm³/mol. The van der Waals surface area contributed by atoms with Gasteiger partial charge in [0.05, 0.1) is 5.56 Å². The Hall–Kier alpha value is -4.33. The molecule has 0 aliphatic carbocycles. The van der Waals surface area contributed by atoms with Crippen LogP contribution in [0, 0.1) is 0 Å². The molecule has 0 heterocycles. The molecule has 31 heavy (non-hydrogen) atoms. The van der Waals surface area contributed by atoms with Crippen LogP contribution in [0.3, 0.4) is 0 Å². The zero-order valence-electron chi connectivity index (χ0n) is 16.2. The van der Waals surface area contributed by atoms with E-state index in [0.29, 0.717) is 5.56 Å². The summed E-state index contributed by atoms with van der Waals surface area (Å²) in [5.41, 5.74) is 0.261. The Morgan fingerprint density at radius 3 is 1.84 bits per heavy atom. The van der Waals surface area contributed by atoms with Gasteiger partial charge in [0.1, 0.15) is 18.8 Å². The Bertz CT molecular complexity index is 1080. The van der Waals surface area contributed by atoms with Crippen molar-refractivity contribution in [2.45, 2.75) is 13.2 Å². The summed E-state index contributed by atoms with van der Waals surface area (Å²) in [4.78, 5) is 36.0. The minimum atomic E-state index is -1.46. The van der Waals surface area contributed by atoms with Gasteiger partial charge in [-0.15, -0.1) is 0 Å². The zero-order valence-corrected chi connectivity index (χ0v) is 16.2. The fraction of sp³-hybridized carbons (Fsp3) is 0.0870. The summed E-state index contributed by atoms with van der Waals surface area (Å²) in [7, 11) is 0. The highest BCUT2D eigenvalue weighted by atomic mass is 16.7. The van der Waals surface area contributed by atoms with Gasteiger partial charge in [-0.2, -0.15) is 0 Å². The molecule has 3 aromatic rings. The summed E-state index contributed by atoms with van der Waals surface area (Å²) in [6.07, 6.45) is -1.13. The van der Waals surface area contributed by atoms with Crippen molar-refractivity contribution < 1.29 is 38.8 Å². The van der Waals surface area contributed by atoms with Crippen LogP contribution in [0.25, 0.3) is 0 Å². The average Bonchev–Trinajstić information content (AvgIpc) is 2.78. The van der Waals surface area contributed by atoms with Gasteiger partial charge in [-0.05, 0) is 23.3 Å². The molecule has 2 N–H and O–H groups in total. The monoisotopic (exact) mass is 422 g/mol. The van der Waals surface area contributed by atoms with Gasteiger partial charge in [-0.25, -0.2) is 14.4 Å². The number of esters is 1. The van der Waals surface area contributed by atoms with Crippen molar-refractivity contribution in [3.63, 3.8) is 0 Å². The van der Waals surface area contributed by atoms with Crippen molar-refractivity contribution in [3.8, 4) is 11.5 Å². The molecule has 3 rings (SSSR count). The summed E-state index contributed by atoms with van der Waals surface area (Å²) in [6, 6.07) is 19.6. The lowest BCUT2D eigenvalue weighted by Crippen LogP contribution is -2.15. The summed E-state index contributed by atoms with van der Waals surface area (Å²) in [6.45, 7) is -0.206. The average molecular weight is 422 g/mol. The number of phenols is 1. The first kappa shape index (κ1) is 21.4. The minimum Gasteiger partial charge on any atom is -0.504 e. The number of aromatic carboxylic acids is 1. The van der Waals surface area contributed by atoms with Crippen LogP contribution >= 0.6 is 0 Å². The van der Waals surface area contributed by atoms with E-state index in [0.717, 1.165) is 17.7 Å². The Labute approximate surface area is 177 Å². The number of hydrogen-bond acceptors (Lipinski definition) is 7. The number of benzene rings is 3. The normalized spacial score (nSPS) is 10.2. The van der Waals surface area contributed by atoms with E-state index in [1.54, 1.807) is 54.6 Å². The van der Waals surface area contributed by atoms with Gasteiger partial charge in [0.15, 0.2) is 11.5 Å². The van der Waals surface area contributed by atoms with Crippen molar-refractivity contribution in [3.05, 3.63) is 95.1 Å². The first-order valence-corrected chi connectivity index (χ1v) is 9.14. The van der Waals surface area contributed by atoms with Crippen molar-refractivity contribution >= 4 is 18.1 Å². The van der Waals surface area contributed by atoms with Gasteiger partial charge in [-0.1, -0.05) is 60.7 Å². The third kappa shape index (κ3) is 5.60. The first-order valence-electron chi connectivity index (χ1n) is 9.14. The first-order chi connectivity index (χ1) is 15.0. The molecule has 0 fully saturated rings. The van der Waals surface area contributed by atoms with E-state index < -0.39 is 40.7 Å². The molecule has 0 aliphatic rings. The van der Waals surface area contributed by atoms with Crippen molar-refractivity contribution in [1.29, 1.82) is 0 Å². The van der Waals surface area contributed by atoms with Crippen molar-refractivity contribution in [2.75, 3.05) is 0 Å². The number of aromatic hydroxyl groups is 1. The van der Waals surface area contributed by atoms with Gasteiger partial charge < -0.3 is 24.4 Å².